The lowest BCUT2D eigenvalue weighted by Crippen LogP contribution is -2.15. The quantitative estimate of drug-likeness (QED) is 0.475. The SMILES string of the molecule is O=c1[nH]c(NC2CC2)c(-c2ccc(Br)cc2)n1-c1ccc2nc[nH]c2c1. The van der Waals surface area contributed by atoms with Crippen LogP contribution in [0, 0.1) is 0 Å². The molecule has 0 radical (unpaired) electrons. The van der Waals surface area contributed by atoms with Gasteiger partial charge in [0.25, 0.3) is 0 Å². The maximum Gasteiger partial charge on any atom is 0.332 e. The first-order chi connectivity index (χ1) is 12.7. The summed E-state index contributed by atoms with van der Waals surface area (Å²) < 4.78 is 2.72. The summed E-state index contributed by atoms with van der Waals surface area (Å²) in [7, 11) is 0. The Morgan fingerprint density at radius 1 is 1.15 bits per heavy atom. The first-order valence-electron chi connectivity index (χ1n) is 8.50. The van der Waals surface area contributed by atoms with E-state index in [1.165, 1.54) is 0 Å². The molecule has 1 fully saturated rings. The second kappa shape index (κ2) is 5.88. The molecule has 0 amide bonds. The standard InChI is InChI=1S/C19H16BrN5O/c20-12-3-1-11(2-4-12)17-18(23-13-5-6-13)24-19(26)25(17)14-7-8-15-16(9-14)22-10-21-15/h1-4,7-10,13,23H,5-6H2,(H,21,22)(H,24,26). The summed E-state index contributed by atoms with van der Waals surface area (Å²) in [5.41, 5.74) is 4.22. The number of aromatic nitrogens is 4. The molecule has 1 aliphatic carbocycles. The van der Waals surface area contributed by atoms with Crippen LogP contribution in [0.2, 0.25) is 0 Å². The number of hydrogen-bond donors (Lipinski definition) is 3. The summed E-state index contributed by atoms with van der Waals surface area (Å²) in [6.07, 6.45) is 3.92. The highest BCUT2D eigenvalue weighted by molar-refractivity contribution is 9.10. The van der Waals surface area contributed by atoms with Gasteiger partial charge in [-0.15, -0.1) is 0 Å². The first-order valence-corrected chi connectivity index (χ1v) is 9.29. The molecule has 2 aromatic heterocycles. The summed E-state index contributed by atoms with van der Waals surface area (Å²) in [5, 5.41) is 3.45. The van der Waals surface area contributed by atoms with Gasteiger partial charge in [-0.25, -0.2) is 9.78 Å². The molecule has 1 aliphatic rings. The van der Waals surface area contributed by atoms with Crippen molar-refractivity contribution < 1.29 is 0 Å². The predicted molar refractivity (Wildman–Crippen MR) is 106 cm³/mol. The molecule has 4 aromatic rings. The van der Waals surface area contributed by atoms with Crippen LogP contribution < -0.4 is 11.0 Å². The van der Waals surface area contributed by atoms with E-state index in [1.54, 1.807) is 10.9 Å². The Morgan fingerprint density at radius 2 is 1.96 bits per heavy atom. The molecule has 7 heteroatoms. The molecule has 2 heterocycles. The molecule has 0 atom stereocenters. The average molecular weight is 410 g/mol. The molecular formula is C19H16BrN5O. The van der Waals surface area contributed by atoms with Gasteiger partial charge in [-0.3, -0.25) is 9.55 Å². The fourth-order valence-corrected chi connectivity index (χ4v) is 3.43. The van der Waals surface area contributed by atoms with Crippen LogP contribution in [-0.4, -0.2) is 25.6 Å². The molecule has 130 valence electrons. The minimum absolute atomic E-state index is 0.162. The Balaban J connectivity index is 1.73. The number of halogens is 1. The summed E-state index contributed by atoms with van der Waals surface area (Å²) in [6, 6.07) is 14.2. The van der Waals surface area contributed by atoms with Crippen LogP contribution in [0.4, 0.5) is 5.82 Å². The molecule has 0 spiro atoms. The van der Waals surface area contributed by atoms with Crippen LogP contribution >= 0.6 is 15.9 Å². The number of H-pyrrole nitrogens is 2. The maximum atomic E-state index is 12.8. The molecule has 0 unspecified atom stereocenters. The molecular weight excluding hydrogens is 394 g/mol. The average Bonchev–Trinajstić information content (AvgIpc) is 3.22. The largest absolute Gasteiger partial charge is 0.367 e. The topological polar surface area (TPSA) is 78.5 Å². The van der Waals surface area contributed by atoms with E-state index in [2.05, 4.69) is 36.2 Å². The number of nitrogens with one attached hydrogen (secondary N) is 3. The van der Waals surface area contributed by atoms with E-state index in [-0.39, 0.29) is 5.69 Å². The lowest BCUT2D eigenvalue weighted by Gasteiger charge is -2.11. The molecule has 26 heavy (non-hydrogen) atoms. The van der Waals surface area contributed by atoms with Crippen LogP contribution in [0.3, 0.4) is 0 Å². The normalized spacial score (nSPS) is 14.0. The Hall–Kier alpha value is -2.80. The van der Waals surface area contributed by atoms with Gasteiger partial charge < -0.3 is 10.3 Å². The zero-order valence-corrected chi connectivity index (χ0v) is 15.4. The van der Waals surface area contributed by atoms with Crippen molar-refractivity contribution in [3.8, 4) is 16.9 Å². The van der Waals surface area contributed by atoms with Crippen LogP contribution in [0.25, 0.3) is 28.0 Å². The van der Waals surface area contributed by atoms with Gasteiger partial charge in [-0.05, 0) is 43.2 Å². The van der Waals surface area contributed by atoms with Crippen molar-refractivity contribution in [2.75, 3.05) is 5.32 Å². The van der Waals surface area contributed by atoms with Crippen molar-refractivity contribution in [3.63, 3.8) is 0 Å². The third-order valence-electron chi connectivity index (χ3n) is 4.60. The van der Waals surface area contributed by atoms with Gasteiger partial charge >= 0.3 is 5.69 Å². The van der Waals surface area contributed by atoms with Crippen molar-refractivity contribution in [2.45, 2.75) is 18.9 Å². The fourth-order valence-electron chi connectivity index (χ4n) is 3.16. The zero-order chi connectivity index (χ0) is 17.7. The van der Waals surface area contributed by atoms with Gasteiger partial charge in [0.2, 0.25) is 0 Å². The Labute approximate surface area is 157 Å². The second-order valence-corrected chi connectivity index (χ2v) is 7.43. The Bertz CT molecular complexity index is 1150. The van der Waals surface area contributed by atoms with Crippen molar-refractivity contribution >= 4 is 32.8 Å². The van der Waals surface area contributed by atoms with Crippen LogP contribution in [0.5, 0.6) is 0 Å². The van der Waals surface area contributed by atoms with Gasteiger partial charge in [0.1, 0.15) is 5.82 Å². The molecule has 6 nitrogen and oxygen atoms in total. The predicted octanol–water partition coefficient (Wildman–Crippen LogP) is 4.05. The van der Waals surface area contributed by atoms with Crippen LogP contribution in [0.15, 0.2) is 58.1 Å². The number of fused-ring (bicyclic) bond motifs is 1. The minimum Gasteiger partial charge on any atom is -0.367 e. The maximum absolute atomic E-state index is 12.8. The van der Waals surface area contributed by atoms with Crippen molar-refractivity contribution in [1.29, 1.82) is 0 Å². The molecule has 3 N–H and O–H groups in total. The van der Waals surface area contributed by atoms with E-state index in [4.69, 9.17) is 0 Å². The highest BCUT2D eigenvalue weighted by Crippen LogP contribution is 2.33. The lowest BCUT2D eigenvalue weighted by atomic mass is 10.1. The van der Waals surface area contributed by atoms with Crippen molar-refractivity contribution in [1.82, 2.24) is 19.5 Å². The third-order valence-corrected chi connectivity index (χ3v) is 5.13. The van der Waals surface area contributed by atoms with Gasteiger partial charge in [0, 0.05) is 16.1 Å². The Kier molecular flexibility index (Phi) is 3.49. The lowest BCUT2D eigenvalue weighted by molar-refractivity contribution is 0.994. The molecule has 0 aliphatic heterocycles. The molecule has 5 rings (SSSR count). The number of aromatic amines is 2. The van der Waals surface area contributed by atoms with Crippen molar-refractivity contribution in [2.24, 2.45) is 0 Å². The minimum atomic E-state index is -0.162. The highest BCUT2D eigenvalue weighted by Gasteiger charge is 2.25. The third kappa shape index (κ3) is 2.64. The van der Waals surface area contributed by atoms with Gasteiger partial charge in [0.15, 0.2) is 0 Å². The molecule has 2 aromatic carbocycles. The molecule has 0 bridgehead atoms. The smallest absolute Gasteiger partial charge is 0.332 e. The number of nitrogens with zero attached hydrogens (tertiary/aromatic N) is 2. The monoisotopic (exact) mass is 409 g/mol. The highest BCUT2D eigenvalue weighted by atomic mass is 79.9. The first kappa shape index (κ1) is 15.5. The Morgan fingerprint density at radius 3 is 2.73 bits per heavy atom. The summed E-state index contributed by atoms with van der Waals surface area (Å²) in [6.45, 7) is 0. The summed E-state index contributed by atoms with van der Waals surface area (Å²) >= 11 is 3.48. The number of benzene rings is 2. The van der Waals surface area contributed by atoms with Gasteiger partial charge in [-0.1, -0.05) is 28.1 Å². The van der Waals surface area contributed by atoms with Crippen LogP contribution in [0.1, 0.15) is 12.8 Å². The van der Waals surface area contributed by atoms with E-state index >= 15 is 0 Å². The van der Waals surface area contributed by atoms with E-state index < -0.39 is 0 Å². The number of imidazole rings is 2. The van der Waals surface area contributed by atoms with Gasteiger partial charge in [0.05, 0.1) is 28.7 Å². The number of rotatable bonds is 4. The van der Waals surface area contributed by atoms with Crippen molar-refractivity contribution in [3.05, 3.63) is 63.7 Å². The molecule has 1 saturated carbocycles. The number of hydrogen-bond acceptors (Lipinski definition) is 3. The fraction of sp³-hybridized carbons (Fsp3) is 0.158. The van der Waals surface area contributed by atoms with Gasteiger partial charge in [-0.2, -0.15) is 0 Å². The summed E-state index contributed by atoms with van der Waals surface area (Å²) in [5.74, 6) is 0.768. The molecule has 0 saturated heterocycles. The summed E-state index contributed by atoms with van der Waals surface area (Å²) in [4.78, 5) is 23.2. The van der Waals surface area contributed by atoms with E-state index in [0.717, 1.165) is 51.1 Å². The van der Waals surface area contributed by atoms with Crippen LogP contribution in [-0.2, 0) is 0 Å². The number of anilines is 1. The zero-order valence-electron chi connectivity index (χ0n) is 13.8. The van der Waals surface area contributed by atoms with E-state index in [1.807, 2.05) is 42.5 Å². The van der Waals surface area contributed by atoms with E-state index in [0.29, 0.717) is 6.04 Å². The van der Waals surface area contributed by atoms with E-state index in [9.17, 15) is 4.79 Å². The second-order valence-electron chi connectivity index (χ2n) is 6.52.